The molecule has 2 unspecified atom stereocenters. The van der Waals surface area contributed by atoms with Crippen molar-refractivity contribution in [2.45, 2.75) is 12.2 Å². The second kappa shape index (κ2) is 3.36. The molecule has 0 aromatic heterocycles. The first-order chi connectivity index (χ1) is 6.27. The molecular weight excluding hydrogens is 166 g/mol. The first kappa shape index (κ1) is 8.53. The highest BCUT2D eigenvalue weighted by atomic mass is 16.3. The number of anilines is 1. The maximum absolute atomic E-state index is 9.34. The van der Waals surface area contributed by atoms with Crippen LogP contribution >= 0.6 is 0 Å². The van der Waals surface area contributed by atoms with E-state index in [0.717, 1.165) is 5.69 Å². The first-order valence-corrected chi connectivity index (χ1v) is 4.43. The van der Waals surface area contributed by atoms with Gasteiger partial charge >= 0.3 is 0 Å². The number of hydrogen-bond acceptors (Lipinski definition) is 3. The molecule has 3 nitrogen and oxygen atoms in total. The van der Waals surface area contributed by atoms with Gasteiger partial charge in [-0.15, -0.1) is 0 Å². The average Bonchev–Trinajstić information content (AvgIpc) is 2.49. The van der Waals surface area contributed by atoms with Crippen molar-refractivity contribution in [1.29, 1.82) is 0 Å². The number of rotatable bonds is 1. The molecule has 1 saturated heterocycles. The number of hydrogen-bond donors (Lipinski definition) is 2. The Morgan fingerprint density at radius 3 is 2.08 bits per heavy atom. The van der Waals surface area contributed by atoms with Crippen molar-refractivity contribution >= 4 is 5.69 Å². The molecule has 1 fully saturated rings. The minimum Gasteiger partial charge on any atom is -0.389 e. The van der Waals surface area contributed by atoms with Crippen molar-refractivity contribution in [2.75, 3.05) is 18.0 Å². The van der Waals surface area contributed by atoms with Gasteiger partial charge in [0.1, 0.15) is 0 Å². The maximum Gasteiger partial charge on any atom is 0.0990 e. The molecule has 0 saturated carbocycles. The van der Waals surface area contributed by atoms with Crippen molar-refractivity contribution in [1.82, 2.24) is 0 Å². The quantitative estimate of drug-likeness (QED) is 0.648. The van der Waals surface area contributed by atoms with Crippen LogP contribution < -0.4 is 4.90 Å². The van der Waals surface area contributed by atoms with Gasteiger partial charge in [-0.25, -0.2) is 0 Å². The molecule has 3 heteroatoms. The third-order valence-electron chi connectivity index (χ3n) is 2.38. The van der Waals surface area contributed by atoms with Gasteiger partial charge in [0, 0.05) is 18.8 Å². The van der Waals surface area contributed by atoms with Gasteiger partial charge in [-0.1, -0.05) is 18.2 Å². The van der Waals surface area contributed by atoms with Gasteiger partial charge in [-0.2, -0.15) is 0 Å². The van der Waals surface area contributed by atoms with Crippen LogP contribution in [0, 0.1) is 0 Å². The lowest BCUT2D eigenvalue weighted by molar-refractivity contribution is 0.0572. The van der Waals surface area contributed by atoms with E-state index in [2.05, 4.69) is 0 Å². The maximum atomic E-state index is 9.34. The summed E-state index contributed by atoms with van der Waals surface area (Å²) in [4.78, 5) is 1.98. The van der Waals surface area contributed by atoms with E-state index in [0.29, 0.717) is 13.1 Å². The normalized spacial score (nSPS) is 28.0. The summed E-state index contributed by atoms with van der Waals surface area (Å²) >= 11 is 0. The lowest BCUT2D eigenvalue weighted by Gasteiger charge is -2.16. The van der Waals surface area contributed by atoms with Crippen molar-refractivity contribution in [3.05, 3.63) is 30.3 Å². The SMILES string of the molecule is OC1CN(c2ccccc2)CC1O. The zero-order valence-corrected chi connectivity index (χ0v) is 7.30. The first-order valence-electron chi connectivity index (χ1n) is 4.43. The molecule has 13 heavy (non-hydrogen) atoms. The topological polar surface area (TPSA) is 43.7 Å². The number of aliphatic hydroxyl groups is 2. The van der Waals surface area contributed by atoms with Gasteiger partial charge in [-0.05, 0) is 12.1 Å². The number of aliphatic hydroxyl groups excluding tert-OH is 2. The molecule has 1 heterocycles. The largest absolute Gasteiger partial charge is 0.389 e. The Balaban J connectivity index is 2.12. The molecule has 1 aliphatic heterocycles. The Kier molecular flexibility index (Phi) is 2.20. The van der Waals surface area contributed by atoms with Crippen LogP contribution in [-0.2, 0) is 0 Å². The summed E-state index contributed by atoms with van der Waals surface area (Å²) in [6.45, 7) is 1.04. The van der Waals surface area contributed by atoms with Crippen molar-refractivity contribution in [2.24, 2.45) is 0 Å². The van der Waals surface area contributed by atoms with E-state index in [1.54, 1.807) is 0 Å². The summed E-state index contributed by atoms with van der Waals surface area (Å²) in [6, 6.07) is 9.81. The predicted molar refractivity (Wildman–Crippen MR) is 50.7 cm³/mol. The Bertz CT molecular complexity index is 266. The van der Waals surface area contributed by atoms with Crippen LogP contribution in [0.1, 0.15) is 0 Å². The second-order valence-electron chi connectivity index (χ2n) is 3.38. The summed E-state index contributed by atoms with van der Waals surface area (Å²) in [5.74, 6) is 0. The molecule has 70 valence electrons. The number of para-hydroxylation sites is 1. The highest BCUT2D eigenvalue weighted by Gasteiger charge is 2.29. The van der Waals surface area contributed by atoms with Crippen LogP contribution in [0.2, 0.25) is 0 Å². The standard InChI is InChI=1S/C10H13NO2/c12-9-6-11(7-10(9)13)8-4-2-1-3-5-8/h1-5,9-10,12-13H,6-7H2. The molecule has 2 N–H and O–H groups in total. The summed E-state index contributed by atoms with van der Waals surface area (Å²) in [5, 5.41) is 18.7. The van der Waals surface area contributed by atoms with Gasteiger partial charge in [0.15, 0.2) is 0 Å². The van der Waals surface area contributed by atoms with Crippen molar-refractivity contribution < 1.29 is 10.2 Å². The molecule has 1 aliphatic rings. The van der Waals surface area contributed by atoms with E-state index in [-0.39, 0.29) is 0 Å². The molecule has 0 aliphatic carbocycles. The highest BCUT2D eigenvalue weighted by molar-refractivity contribution is 5.47. The highest BCUT2D eigenvalue weighted by Crippen LogP contribution is 2.19. The molecule has 0 bridgehead atoms. The molecule has 2 atom stereocenters. The second-order valence-corrected chi connectivity index (χ2v) is 3.38. The van der Waals surface area contributed by atoms with E-state index >= 15 is 0 Å². The summed E-state index contributed by atoms with van der Waals surface area (Å²) < 4.78 is 0. The lowest BCUT2D eigenvalue weighted by atomic mass is 10.3. The molecular formula is C10H13NO2. The molecule has 0 radical (unpaired) electrons. The van der Waals surface area contributed by atoms with E-state index in [1.165, 1.54) is 0 Å². The predicted octanol–water partition coefficient (Wildman–Crippen LogP) is 0.228. The van der Waals surface area contributed by atoms with Crippen LogP contribution in [0.5, 0.6) is 0 Å². The number of β-amino-alcohol motifs (C(OH)–C–C–N with tert-alkyl or cyclic N) is 2. The number of benzene rings is 1. The molecule has 1 aromatic carbocycles. The van der Waals surface area contributed by atoms with E-state index in [1.807, 2.05) is 35.2 Å². The van der Waals surface area contributed by atoms with E-state index in [4.69, 9.17) is 0 Å². The molecule has 0 spiro atoms. The molecule has 2 rings (SSSR count). The summed E-state index contributed by atoms with van der Waals surface area (Å²) in [6.07, 6.45) is -1.22. The van der Waals surface area contributed by atoms with Crippen molar-refractivity contribution in [3.8, 4) is 0 Å². The Morgan fingerprint density at radius 2 is 1.54 bits per heavy atom. The van der Waals surface area contributed by atoms with Crippen molar-refractivity contribution in [3.63, 3.8) is 0 Å². The fourth-order valence-corrected chi connectivity index (χ4v) is 1.62. The van der Waals surface area contributed by atoms with Crippen LogP contribution in [0.25, 0.3) is 0 Å². The average molecular weight is 179 g/mol. The third kappa shape index (κ3) is 1.66. The van der Waals surface area contributed by atoms with Gasteiger partial charge in [-0.3, -0.25) is 0 Å². The van der Waals surface area contributed by atoms with E-state index < -0.39 is 12.2 Å². The van der Waals surface area contributed by atoms with Gasteiger partial charge in [0.2, 0.25) is 0 Å². The lowest BCUT2D eigenvalue weighted by Crippen LogP contribution is -2.22. The summed E-state index contributed by atoms with van der Waals surface area (Å²) in [5.41, 5.74) is 1.05. The Hall–Kier alpha value is -1.06. The van der Waals surface area contributed by atoms with Gasteiger partial charge < -0.3 is 15.1 Å². The van der Waals surface area contributed by atoms with Crippen LogP contribution in [0.3, 0.4) is 0 Å². The molecule has 1 aromatic rings. The van der Waals surface area contributed by atoms with Gasteiger partial charge in [0.25, 0.3) is 0 Å². The van der Waals surface area contributed by atoms with E-state index in [9.17, 15) is 10.2 Å². The smallest absolute Gasteiger partial charge is 0.0990 e. The third-order valence-corrected chi connectivity index (χ3v) is 2.38. The van der Waals surface area contributed by atoms with Gasteiger partial charge in [0.05, 0.1) is 12.2 Å². The van der Waals surface area contributed by atoms with Crippen LogP contribution in [0.4, 0.5) is 5.69 Å². The summed E-state index contributed by atoms with van der Waals surface area (Å²) in [7, 11) is 0. The monoisotopic (exact) mass is 179 g/mol. The minimum atomic E-state index is -0.611. The Morgan fingerprint density at radius 1 is 1.00 bits per heavy atom. The fraction of sp³-hybridized carbons (Fsp3) is 0.400. The minimum absolute atomic E-state index is 0.519. The number of nitrogens with zero attached hydrogens (tertiary/aromatic N) is 1. The van der Waals surface area contributed by atoms with Crippen LogP contribution in [0.15, 0.2) is 30.3 Å². The molecule has 0 amide bonds. The zero-order valence-electron chi connectivity index (χ0n) is 7.30. The zero-order chi connectivity index (χ0) is 9.26. The Labute approximate surface area is 77.2 Å². The fourth-order valence-electron chi connectivity index (χ4n) is 1.62. The van der Waals surface area contributed by atoms with Crippen LogP contribution in [-0.4, -0.2) is 35.5 Å².